The van der Waals surface area contributed by atoms with E-state index in [9.17, 15) is 14.4 Å². The predicted octanol–water partition coefficient (Wildman–Crippen LogP) is 3.76. The molecule has 0 unspecified atom stereocenters. The lowest BCUT2D eigenvalue weighted by Crippen LogP contribution is -2.29. The second kappa shape index (κ2) is 10.9. The highest BCUT2D eigenvalue weighted by molar-refractivity contribution is 6.37. The molecule has 4 N–H and O–H groups in total. The van der Waals surface area contributed by atoms with E-state index in [-0.39, 0.29) is 31.4 Å². The number of hydrogen-bond acceptors (Lipinski definition) is 7. The van der Waals surface area contributed by atoms with E-state index in [2.05, 4.69) is 10.6 Å². The van der Waals surface area contributed by atoms with Gasteiger partial charge in [0, 0.05) is 24.0 Å². The summed E-state index contributed by atoms with van der Waals surface area (Å²) in [5, 5.41) is 6.28. The molecule has 1 amide bonds. The van der Waals surface area contributed by atoms with Crippen molar-refractivity contribution in [1.82, 2.24) is 0 Å². The van der Waals surface area contributed by atoms with Gasteiger partial charge in [0.25, 0.3) is 5.91 Å². The van der Waals surface area contributed by atoms with E-state index in [0.29, 0.717) is 28.1 Å². The number of carbonyl (C=O) groups is 3. The number of nitrogens with zero attached hydrogens (tertiary/aromatic N) is 1. The van der Waals surface area contributed by atoms with Crippen molar-refractivity contribution in [3.05, 3.63) is 89.5 Å². The van der Waals surface area contributed by atoms with Crippen LogP contribution in [0.5, 0.6) is 0 Å². The highest BCUT2D eigenvalue weighted by Gasteiger charge is 2.29. The molecule has 36 heavy (non-hydrogen) atoms. The maximum Gasteiger partial charge on any atom is 0.338 e. The third-order valence-electron chi connectivity index (χ3n) is 5.81. The zero-order valence-corrected chi connectivity index (χ0v) is 20.2. The molecule has 1 heterocycles. The Hall–Kier alpha value is -4.43. The van der Waals surface area contributed by atoms with Gasteiger partial charge < -0.3 is 26.0 Å². The van der Waals surface area contributed by atoms with E-state index in [1.54, 1.807) is 25.1 Å². The maximum atomic E-state index is 13.1. The number of ketones is 1. The Labute approximate surface area is 209 Å². The molecule has 8 heteroatoms. The summed E-state index contributed by atoms with van der Waals surface area (Å²) in [4.78, 5) is 38.8. The first-order valence-corrected chi connectivity index (χ1v) is 11.6. The molecule has 0 spiro atoms. The molecule has 1 aliphatic heterocycles. The number of amides is 1. The van der Waals surface area contributed by atoms with E-state index in [1.807, 2.05) is 66.5 Å². The molecule has 0 radical (unpaired) electrons. The van der Waals surface area contributed by atoms with Crippen molar-refractivity contribution in [3.63, 3.8) is 0 Å². The van der Waals surface area contributed by atoms with Crippen molar-refractivity contribution in [1.29, 1.82) is 0 Å². The van der Waals surface area contributed by atoms with Crippen LogP contribution in [0.15, 0.2) is 72.8 Å². The van der Waals surface area contributed by atoms with Crippen LogP contribution in [-0.4, -0.2) is 44.4 Å². The first-order chi connectivity index (χ1) is 17.4. The van der Waals surface area contributed by atoms with E-state index in [4.69, 9.17) is 10.5 Å². The zero-order valence-electron chi connectivity index (χ0n) is 20.2. The van der Waals surface area contributed by atoms with Crippen molar-refractivity contribution in [2.45, 2.75) is 6.92 Å². The molecule has 0 saturated carbocycles. The summed E-state index contributed by atoms with van der Waals surface area (Å²) in [5.41, 5.74) is 10.6. The number of anilines is 3. The molecule has 4 rings (SSSR count). The van der Waals surface area contributed by atoms with Crippen LogP contribution in [-0.2, 0) is 14.3 Å². The SMILES string of the molecule is CCOC(=O)c1ccc2c(c1)NC(=O)/C2=C(\Nc1ccc(N(C)CC(=O)CN)cc1)c1ccccc1. The Morgan fingerprint density at radius 2 is 1.72 bits per heavy atom. The molecule has 0 bridgehead atoms. The van der Waals surface area contributed by atoms with Crippen molar-refractivity contribution < 1.29 is 19.1 Å². The van der Waals surface area contributed by atoms with Gasteiger partial charge in [-0.25, -0.2) is 4.79 Å². The fraction of sp³-hybridized carbons (Fsp3) is 0.179. The average molecular weight is 485 g/mol. The summed E-state index contributed by atoms with van der Waals surface area (Å²) in [7, 11) is 1.83. The molecule has 0 saturated heterocycles. The number of carbonyl (C=O) groups excluding carboxylic acids is 3. The molecule has 8 nitrogen and oxygen atoms in total. The number of likely N-dealkylation sites (N-methyl/N-ethyl adjacent to an activating group) is 1. The van der Waals surface area contributed by atoms with Gasteiger partial charge in [-0.15, -0.1) is 0 Å². The highest BCUT2D eigenvalue weighted by Crippen LogP contribution is 2.38. The number of esters is 1. The molecular formula is C28H28N4O4. The van der Waals surface area contributed by atoms with Gasteiger partial charge in [0.1, 0.15) is 0 Å². The van der Waals surface area contributed by atoms with Crippen molar-refractivity contribution in [3.8, 4) is 0 Å². The molecule has 0 aromatic heterocycles. The number of ether oxygens (including phenoxy) is 1. The zero-order chi connectivity index (χ0) is 25.7. The lowest BCUT2D eigenvalue weighted by molar-refractivity contribution is -0.116. The molecule has 3 aromatic carbocycles. The van der Waals surface area contributed by atoms with Crippen LogP contribution in [0, 0.1) is 0 Å². The van der Waals surface area contributed by atoms with Crippen molar-refractivity contribution in [2.75, 3.05) is 42.3 Å². The standard InChI is InChI=1S/C28H28N4O4/c1-3-36-28(35)19-9-14-23-24(15-19)31-27(34)25(23)26(18-7-5-4-6-8-18)30-20-10-12-21(13-11-20)32(2)17-22(33)16-29/h4-15,30H,3,16-17,29H2,1-2H3,(H,31,34)/b26-25-. The maximum absolute atomic E-state index is 13.1. The fourth-order valence-corrected chi connectivity index (χ4v) is 4.01. The minimum Gasteiger partial charge on any atom is -0.462 e. The number of Topliss-reactive ketones (excluding diaryl/α,β-unsaturated/α-hetero) is 1. The van der Waals surface area contributed by atoms with Gasteiger partial charge in [-0.1, -0.05) is 36.4 Å². The molecule has 1 aliphatic rings. The Kier molecular flexibility index (Phi) is 7.46. The van der Waals surface area contributed by atoms with Crippen LogP contribution in [0.2, 0.25) is 0 Å². The van der Waals surface area contributed by atoms with Gasteiger partial charge in [0.2, 0.25) is 0 Å². The Bertz CT molecular complexity index is 1320. The molecule has 0 atom stereocenters. The number of hydrogen-bond donors (Lipinski definition) is 3. The number of nitrogens with two attached hydrogens (primary N) is 1. The monoisotopic (exact) mass is 484 g/mol. The van der Waals surface area contributed by atoms with Crippen LogP contribution < -0.4 is 21.3 Å². The van der Waals surface area contributed by atoms with Gasteiger partial charge in [0.15, 0.2) is 5.78 Å². The first kappa shape index (κ1) is 24.7. The van der Waals surface area contributed by atoms with Crippen molar-refractivity contribution >= 4 is 46.0 Å². The van der Waals surface area contributed by atoms with Crippen LogP contribution >= 0.6 is 0 Å². The molecular weight excluding hydrogens is 456 g/mol. The van der Waals surface area contributed by atoms with E-state index >= 15 is 0 Å². The van der Waals surface area contributed by atoms with Gasteiger partial charge in [-0.2, -0.15) is 0 Å². The third kappa shape index (κ3) is 5.29. The Balaban J connectivity index is 1.71. The predicted molar refractivity (Wildman–Crippen MR) is 142 cm³/mol. The summed E-state index contributed by atoms with van der Waals surface area (Å²) < 4.78 is 5.09. The second-order valence-electron chi connectivity index (χ2n) is 8.32. The molecule has 0 aliphatic carbocycles. The number of benzene rings is 3. The second-order valence-corrected chi connectivity index (χ2v) is 8.32. The van der Waals surface area contributed by atoms with Crippen LogP contribution in [0.3, 0.4) is 0 Å². The summed E-state index contributed by atoms with van der Waals surface area (Å²) in [6.07, 6.45) is 0. The smallest absolute Gasteiger partial charge is 0.338 e. The van der Waals surface area contributed by atoms with Crippen LogP contribution in [0.1, 0.15) is 28.4 Å². The minimum absolute atomic E-state index is 0.00278. The van der Waals surface area contributed by atoms with Crippen molar-refractivity contribution in [2.24, 2.45) is 5.73 Å². The summed E-state index contributed by atoms with van der Waals surface area (Å²) in [6.45, 7) is 2.25. The quantitative estimate of drug-likeness (QED) is 0.313. The summed E-state index contributed by atoms with van der Waals surface area (Å²) in [6, 6.07) is 22.2. The van der Waals surface area contributed by atoms with E-state index in [1.165, 1.54) is 0 Å². The van der Waals surface area contributed by atoms with E-state index in [0.717, 1.165) is 16.9 Å². The fourth-order valence-electron chi connectivity index (χ4n) is 4.01. The van der Waals surface area contributed by atoms with Gasteiger partial charge in [-0.05, 0) is 48.9 Å². The number of fused-ring (bicyclic) bond motifs is 1. The van der Waals surface area contributed by atoms with Gasteiger partial charge >= 0.3 is 5.97 Å². The molecule has 3 aromatic rings. The minimum atomic E-state index is -0.438. The lowest BCUT2D eigenvalue weighted by Gasteiger charge is -2.19. The lowest BCUT2D eigenvalue weighted by atomic mass is 9.99. The summed E-state index contributed by atoms with van der Waals surface area (Å²) in [5.74, 6) is -0.756. The topological polar surface area (TPSA) is 114 Å². The van der Waals surface area contributed by atoms with E-state index < -0.39 is 5.97 Å². The number of rotatable bonds is 9. The largest absolute Gasteiger partial charge is 0.462 e. The Morgan fingerprint density at radius 3 is 2.39 bits per heavy atom. The normalized spacial score (nSPS) is 13.5. The van der Waals surface area contributed by atoms with Gasteiger partial charge in [-0.3, -0.25) is 9.59 Å². The summed E-state index contributed by atoms with van der Waals surface area (Å²) >= 11 is 0. The Morgan fingerprint density at radius 1 is 1.00 bits per heavy atom. The third-order valence-corrected chi connectivity index (χ3v) is 5.81. The average Bonchev–Trinajstić information content (AvgIpc) is 3.22. The number of nitrogens with one attached hydrogen (secondary N) is 2. The molecule has 0 fully saturated rings. The van der Waals surface area contributed by atoms with Crippen LogP contribution in [0.25, 0.3) is 11.3 Å². The first-order valence-electron chi connectivity index (χ1n) is 11.6. The highest BCUT2D eigenvalue weighted by atomic mass is 16.5. The molecule has 184 valence electrons. The van der Waals surface area contributed by atoms with Gasteiger partial charge in [0.05, 0.1) is 42.2 Å². The van der Waals surface area contributed by atoms with Crippen LogP contribution in [0.4, 0.5) is 17.1 Å².